The Bertz CT molecular complexity index is 893. The fourth-order valence-corrected chi connectivity index (χ4v) is 4.09. The highest BCUT2D eigenvalue weighted by Gasteiger charge is 2.30. The molecule has 0 unspecified atom stereocenters. The molecule has 1 saturated carbocycles. The number of thioether (sulfide) groups is 1. The lowest BCUT2D eigenvalue weighted by molar-refractivity contribution is -0.120. The molecule has 4 rings (SSSR count). The molecule has 6 heteroatoms. The summed E-state index contributed by atoms with van der Waals surface area (Å²) in [5, 5.41) is 11.9. The number of nitrogens with one attached hydrogen (secondary N) is 1. The third-order valence-corrected chi connectivity index (χ3v) is 5.95. The molecule has 2 atom stereocenters. The zero-order valence-corrected chi connectivity index (χ0v) is 16.0. The summed E-state index contributed by atoms with van der Waals surface area (Å²) in [6.45, 7) is 2.12. The average molecular weight is 379 g/mol. The van der Waals surface area contributed by atoms with Crippen LogP contribution in [-0.2, 0) is 4.79 Å². The van der Waals surface area contributed by atoms with Crippen molar-refractivity contribution < 1.29 is 4.79 Å². The molecule has 0 saturated heterocycles. The SMILES string of the molecule is C[C@@H](c1ccccc1)n1cnnc1S[C@@H](C(=O)NC1CC1)c1ccccc1. The lowest BCUT2D eigenvalue weighted by Gasteiger charge is -2.19. The van der Waals surface area contributed by atoms with Crippen molar-refractivity contribution in [1.29, 1.82) is 0 Å². The van der Waals surface area contributed by atoms with E-state index < -0.39 is 0 Å². The van der Waals surface area contributed by atoms with Gasteiger partial charge in [-0.1, -0.05) is 72.4 Å². The standard InChI is InChI=1S/C21H22N4OS/c1-15(16-8-4-2-5-9-16)25-14-22-24-21(25)27-19(17-10-6-3-7-11-17)20(26)23-18-12-13-18/h2-11,14-15,18-19H,12-13H2,1H3,(H,23,26)/t15-,19+/m0/s1. The van der Waals surface area contributed by atoms with Gasteiger partial charge in [-0.15, -0.1) is 10.2 Å². The van der Waals surface area contributed by atoms with Crippen molar-refractivity contribution in [1.82, 2.24) is 20.1 Å². The number of amides is 1. The van der Waals surface area contributed by atoms with Crippen LogP contribution in [0.3, 0.4) is 0 Å². The highest BCUT2D eigenvalue weighted by atomic mass is 32.2. The normalized spacial score (nSPS) is 15.9. The quantitative estimate of drug-likeness (QED) is 0.631. The molecule has 3 aromatic rings. The number of benzene rings is 2. The molecule has 138 valence electrons. The third kappa shape index (κ3) is 4.22. The van der Waals surface area contributed by atoms with Crippen LogP contribution in [0.25, 0.3) is 0 Å². The van der Waals surface area contributed by atoms with E-state index in [-0.39, 0.29) is 17.2 Å². The fourth-order valence-electron chi connectivity index (χ4n) is 2.98. The van der Waals surface area contributed by atoms with Crippen molar-refractivity contribution in [2.45, 2.75) is 42.3 Å². The maximum Gasteiger partial charge on any atom is 0.238 e. The lowest BCUT2D eigenvalue weighted by Crippen LogP contribution is -2.30. The Kier molecular flexibility index (Phi) is 5.25. The Balaban J connectivity index is 1.60. The van der Waals surface area contributed by atoms with E-state index in [0.717, 1.165) is 23.6 Å². The molecular formula is C21H22N4OS. The van der Waals surface area contributed by atoms with Gasteiger partial charge in [-0.05, 0) is 30.9 Å². The summed E-state index contributed by atoms with van der Waals surface area (Å²) in [7, 11) is 0. The maximum atomic E-state index is 12.9. The van der Waals surface area contributed by atoms with Gasteiger partial charge in [-0.25, -0.2) is 0 Å². The fraction of sp³-hybridized carbons (Fsp3) is 0.286. The number of carbonyl (C=O) groups is 1. The number of aromatic nitrogens is 3. The van der Waals surface area contributed by atoms with Gasteiger partial charge in [0.2, 0.25) is 5.91 Å². The second-order valence-corrected chi connectivity index (χ2v) is 7.87. The first-order chi connectivity index (χ1) is 13.2. The van der Waals surface area contributed by atoms with E-state index in [4.69, 9.17) is 0 Å². The lowest BCUT2D eigenvalue weighted by atomic mass is 10.1. The van der Waals surface area contributed by atoms with E-state index in [0.29, 0.717) is 6.04 Å². The summed E-state index contributed by atoms with van der Waals surface area (Å²) in [6.07, 6.45) is 3.87. The average Bonchev–Trinajstić information content (AvgIpc) is 3.40. The van der Waals surface area contributed by atoms with E-state index in [1.807, 2.05) is 53.1 Å². The van der Waals surface area contributed by atoms with Crippen LogP contribution in [0.15, 0.2) is 72.1 Å². The zero-order valence-electron chi connectivity index (χ0n) is 15.2. The second kappa shape index (κ2) is 7.96. The summed E-state index contributed by atoms with van der Waals surface area (Å²) in [5.41, 5.74) is 2.15. The van der Waals surface area contributed by atoms with Crippen LogP contribution in [0.1, 0.15) is 42.2 Å². The van der Waals surface area contributed by atoms with Gasteiger partial charge in [-0.2, -0.15) is 0 Å². The molecule has 0 aliphatic heterocycles. The van der Waals surface area contributed by atoms with E-state index in [1.54, 1.807) is 6.33 Å². The van der Waals surface area contributed by atoms with Gasteiger partial charge in [0.05, 0.1) is 6.04 Å². The van der Waals surface area contributed by atoms with Gasteiger partial charge >= 0.3 is 0 Å². The summed E-state index contributed by atoms with van der Waals surface area (Å²) in [5.74, 6) is 0.0376. The summed E-state index contributed by atoms with van der Waals surface area (Å²) >= 11 is 1.45. The minimum absolute atomic E-state index is 0.0376. The van der Waals surface area contributed by atoms with E-state index in [1.165, 1.54) is 17.3 Å². The number of nitrogens with zero attached hydrogens (tertiary/aromatic N) is 3. The molecule has 1 aliphatic carbocycles. The molecule has 0 spiro atoms. The summed E-state index contributed by atoms with van der Waals surface area (Å²) in [4.78, 5) is 12.9. The minimum Gasteiger partial charge on any atom is -0.352 e. The molecule has 1 amide bonds. The molecule has 1 heterocycles. The van der Waals surface area contributed by atoms with Gasteiger partial charge in [-0.3, -0.25) is 4.79 Å². The maximum absolute atomic E-state index is 12.9. The van der Waals surface area contributed by atoms with Crippen LogP contribution in [0.2, 0.25) is 0 Å². The highest BCUT2D eigenvalue weighted by Crippen LogP contribution is 2.36. The third-order valence-electron chi connectivity index (χ3n) is 4.73. The Morgan fingerprint density at radius 2 is 1.70 bits per heavy atom. The second-order valence-electron chi connectivity index (χ2n) is 6.80. The van der Waals surface area contributed by atoms with Crippen LogP contribution >= 0.6 is 11.8 Å². The number of hydrogen-bond donors (Lipinski definition) is 1. The molecule has 0 radical (unpaired) electrons. The monoisotopic (exact) mass is 378 g/mol. The summed E-state index contributed by atoms with van der Waals surface area (Å²) < 4.78 is 2.03. The zero-order chi connectivity index (χ0) is 18.6. The Hall–Kier alpha value is -2.60. The van der Waals surface area contributed by atoms with Crippen LogP contribution in [0, 0.1) is 0 Å². The van der Waals surface area contributed by atoms with Crippen molar-refractivity contribution in [3.05, 3.63) is 78.1 Å². The van der Waals surface area contributed by atoms with Crippen molar-refractivity contribution in [3.8, 4) is 0 Å². The first-order valence-corrected chi connectivity index (χ1v) is 10.1. The van der Waals surface area contributed by atoms with Gasteiger partial charge in [0.15, 0.2) is 5.16 Å². The minimum atomic E-state index is -0.349. The van der Waals surface area contributed by atoms with E-state index in [9.17, 15) is 4.79 Å². The van der Waals surface area contributed by atoms with Crippen molar-refractivity contribution in [2.24, 2.45) is 0 Å². The molecule has 2 aromatic carbocycles. The predicted octanol–water partition coefficient (Wildman–Crippen LogP) is 4.00. The van der Waals surface area contributed by atoms with Crippen LogP contribution < -0.4 is 5.32 Å². The van der Waals surface area contributed by atoms with Crippen LogP contribution in [-0.4, -0.2) is 26.7 Å². The van der Waals surface area contributed by atoms with Crippen LogP contribution in [0.5, 0.6) is 0 Å². The van der Waals surface area contributed by atoms with Gasteiger partial charge in [0, 0.05) is 6.04 Å². The molecule has 1 N–H and O–H groups in total. The molecule has 0 bridgehead atoms. The Labute approximate surface area is 163 Å². The summed E-state index contributed by atoms with van der Waals surface area (Å²) in [6, 6.07) is 20.5. The number of rotatable bonds is 7. The number of carbonyl (C=O) groups excluding carboxylic acids is 1. The number of hydrogen-bond acceptors (Lipinski definition) is 4. The molecule has 27 heavy (non-hydrogen) atoms. The predicted molar refractivity (Wildman–Crippen MR) is 106 cm³/mol. The smallest absolute Gasteiger partial charge is 0.238 e. The Morgan fingerprint density at radius 3 is 2.33 bits per heavy atom. The molecular weight excluding hydrogens is 356 g/mol. The van der Waals surface area contributed by atoms with Crippen LogP contribution in [0.4, 0.5) is 0 Å². The van der Waals surface area contributed by atoms with Crippen molar-refractivity contribution >= 4 is 17.7 Å². The van der Waals surface area contributed by atoms with E-state index >= 15 is 0 Å². The van der Waals surface area contributed by atoms with Crippen molar-refractivity contribution in [3.63, 3.8) is 0 Å². The topological polar surface area (TPSA) is 59.8 Å². The van der Waals surface area contributed by atoms with E-state index in [2.05, 4.69) is 34.6 Å². The molecule has 1 fully saturated rings. The van der Waals surface area contributed by atoms with Crippen molar-refractivity contribution in [2.75, 3.05) is 0 Å². The first-order valence-electron chi connectivity index (χ1n) is 9.19. The largest absolute Gasteiger partial charge is 0.352 e. The highest BCUT2D eigenvalue weighted by molar-refractivity contribution is 8.00. The first kappa shape index (κ1) is 17.8. The Morgan fingerprint density at radius 1 is 1.07 bits per heavy atom. The van der Waals surface area contributed by atoms with Gasteiger partial charge < -0.3 is 9.88 Å². The molecule has 1 aromatic heterocycles. The van der Waals surface area contributed by atoms with Gasteiger partial charge in [0.25, 0.3) is 0 Å². The van der Waals surface area contributed by atoms with Gasteiger partial charge in [0.1, 0.15) is 11.6 Å². The molecule has 5 nitrogen and oxygen atoms in total. The molecule has 1 aliphatic rings.